The number of benzene rings is 1. The number of amides is 1. The van der Waals surface area contributed by atoms with Gasteiger partial charge in [0.1, 0.15) is 0 Å². The molecular formula is C17H26N2O2. The van der Waals surface area contributed by atoms with E-state index in [1.165, 1.54) is 11.1 Å². The molecule has 4 heteroatoms. The second kappa shape index (κ2) is 8.15. The molecule has 1 aliphatic heterocycles. The first-order valence-electron chi connectivity index (χ1n) is 7.80. The summed E-state index contributed by atoms with van der Waals surface area (Å²) in [6.07, 6.45) is 2.92. The number of rotatable bonds is 6. The van der Waals surface area contributed by atoms with Crippen LogP contribution in [-0.2, 0) is 16.0 Å². The van der Waals surface area contributed by atoms with Gasteiger partial charge in [0.05, 0.1) is 19.1 Å². The maximum atomic E-state index is 11.9. The molecule has 2 rings (SSSR count). The van der Waals surface area contributed by atoms with Crippen LogP contribution in [0.5, 0.6) is 0 Å². The van der Waals surface area contributed by atoms with Gasteiger partial charge in [-0.25, -0.2) is 0 Å². The highest BCUT2D eigenvalue weighted by Crippen LogP contribution is 2.10. The summed E-state index contributed by atoms with van der Waals surface area (Å²) in [4.78, 5) is 11.9. The molecule has 1 aliphatic rings. The minimum absolute atomic E-state index is 0.0622. The normalized spacial score (nSPS) is 15.9. The molecule has 0 aliphatic carbocycles. The van der Waals surface area contributed by atoms with E-state index < -0.39 is 0 Å². The van der Waals surface area contributed by atoms with Crippen LogP contribution in [0.4, 0.5) is 0 Å². The van der Waals surface area contributed by atoms with Gasteiger partial charge in [-0.05, 0) is 56.5 Å². The summed E-state index contributed by atoms with van der Waals surface area (Å²) in [7, 11) is 0. The zero-order valence-electron chi connectivity index (χ0n) is 13.1. The molecule has 0 spiro atoms. The van der Waals surface area contributed by atoms with Crippen LogP contribution in [-0.4, -0.2) is 38.3 Å². The molecule has 0 atom stereocenters. The third-order valence-corrected chi connectivity index (χ3v) is 4.00. The topological polar surface area (TPSA) is 50.4 Å². The Morgan fingerprint density at radius 2 is 2.05 bits per heavy atom. The highest BCUT2D eigenvalue weighted by molar-refractivity contribution is 5.78. The zero-order valence-corrected chi connectivity index (χ0v) is 13.1. The van der Waals surface area contributed by atoms with E-state index >= 15 is 0 Å². The van der Waals surface area contributed by atoms with Crippen molar-refractivity contribution in [3.8, 4) is 0 Å². The lowest BCUT2D eigenvalue weighted by molar-refractivity contribution is -0.120. The molecule has 0 unspecified atom stereocenters. The molecule has 1 saturated heterocycles. The fourth-order valence-electron chi connectivity index (χ4n) is 2.54. The first-order chi connectivity index (χ1) is 10.1. The number of hydrogen-bond acceptors (Lipinski definition) is 3. The molecular weight excluding hydrogens is 264 g/mol. The Kier molecular flexibility index (Phi) is 6.21. The molecule has 116 valence electrons. The van der Waals surface area contributed by atoms with Crippen LogP contribution in [0.15, 0.2) is 18.2 Å². The van der Waals surface area contributed by atoms with Gasteiger partial charge in [-0.2, -0.15) is 0 Å². The molecule has 2 N–H and O–H groups in total. The van der Waals surface area contributed by atoms with Crippen LogP contribution >= 0.6 is 0 Å². The molecule has 1 aromatic rings. The number of nitrogens with one attached hydrogen (secondary N) is 2. The quantitative estimate of drug-likeness (QED) is 0.785. The Labute approximate surface area is 127 Å². The average molecular weight is 290 g/mol. The SMILES string of the molecule is Cc1ccc(CC(=O)NCCOC2CCNCC2)cc1C. The number of hydrogen-bond donors (Lipinski definition) is 2. The number of carbonyl (C=O) groups is 1. The Hall–Kier alpha value is -1.39. The highest BCUT2D eigenvalue weighted by Gasteiger charge is 2.12. The summed E-state index contributed by atoms with van der Waals surface area (Å²) in [5.74, 6) is 0.0622. The van der Waals surface area contributed by atoms with Crippen LogP contribution in [0.1, 0.15) is 29.5 Å². The summed E-state index contributed by atoms with van der Waals surface area (Å²) in [5.41, 5.74) is 3.55. The number of carbonyl (C=O) groups excluding carboxylic acids is 1. The average Bonchev–Trinajstić information content (AvgIpc) is 2.49. The molecule has 0 bridgehead atoms. The molecule has 1 amide bonds. The lowest BCUT2D eigenvalue weighted by Crippen LogP contribution is -2.35. The van der Waals surface area contributed by atoms with Crippen molar-refractivity contribution < 1.29 is 9.53 Å². The molecule has 21 heavy (non-hydrogen) atoms. The predicted octanol–water partition coefficient (Wildman–Crippen LogP) is 1.73. The van der Waals surface area contributed by atoms with E-state index in [0.717, 1.165) is 31.5 Å². The van der Waals surface area contributed by atoms with Gasteiger partial charge in [0.25, 0.3) is 0 Å². The van der Waals surface area contributed by atoms with E-state index in [1.807, 2.05) is 6.07 Å². The maximum Gasteiger partial charge on any atom is 0.224 e. The van der Waals surface area contributed by atoms with E-state index in [-0.39, 0.29) is 5.91 Å². The van der Waals surface area contributed by atoms with E-state index in [2.05, 4.69) is 36.6 Å². The van der Waals surface area contributed by atoms with E-state index in [1.54, 1.807) is 0 Å². The van der Waals surface area contributed by atoms with Crippen molar-refractivity contribution in [2.24, 2.45) is 0 Å². The first-order valence-corrected chi connectivity index (χ1v) is 7.80. The third kappa shape index (κ3) is 5.48. The Balaban J connectivity index is 1.63. The lowest BCUT2D eigenvalue weighted by Gasteiger charge is -2.22. The summed E-state index contributed by atoms with van der Waals surface area (Å²) < 4.78 is 5.76. The second-order valence-corrected chi connectivity index (χ2v) is 5.77. The van der Waals surface area contributed by atoms with Gasteiger partial charge in [0.15, 0.2) is 0 Å². The highest BCUT2D eigenvalue weighted by atomic mass is 16.5. The monoisotopic (exact) mass is 290 g/mol. The maximum absolute atomic E-state index is 11.9. The number of piperidine rings is 1. The van der Waals surface area contributed by atoms with Gasteiger partial charge in [0.2, 0.25) is 5.91 Å². The zero-order chi connectivity index (χ0) is 15.1. The van der Waals surface area contributed by atoms with E-state index in [4.69, 9.17) is 4.74 Å². The van der Waals surface area contributed by atoms with Crippen molar-refractivity contribution in [1.82, 2.24) is 10.6 Å². The van der Waals surface area contributed by atoms with Gasteiger partial charge >= 0.3 is 0 Å². The molecule has 4 nitrogen and oxygen atoms in total. The van der Waals surface area contributed by atoms with Crippen molar-refractivity contribution in [2.75, 3.05) is 26.2 Å². The second-order valence-electron chi connectivity index (χ2n) is 5.77. The van der Waals surface area contributed by atoms with Crippen LogP contribution < -0.4 is 10.6 Å². The van der Waals surface area contributed by atoms with Gasteiger partial charge < -0.3 is 15.4 Å². The van der Waals surface area contributed by atoms with Crippen molar-refractivity contribution in [1.29, 1.82) is 0 Å². The number of aryl methyl sites for hydroxylation is 2. The van der Waals surface area contributed by atoms with Crippen molar-refractivity contribution >= 4 is 5.91 Å². The third-order valence-electron chi connectivity index (χ3n) is 4.00. The van der Waals surface area contributed by atoms with Crippen LogP contribution in [0.2, 0.25) is 0 Å². The Morgan fingerprint density at radius 3 is 2.76 bits per heavy atom. The fourth-order valence-corrected chi connectivity index (χ4v) is 2.54. The first kappa shape index (κ1) is 16.0. The van der Waals surface area contributed by atoms with Gasteiger partial charge in [-0.15, -0.1) is 0 Å². The molecule has 1 fully saturated rings. The molecule has 1 aromatic carbocycles. The van der Waals surface area contributed by atoms with Crippen LogP contribution in [0, 0.1) is 13.8 Å². The fraction of sp³-hybridized carbons (Fsp3) is 0.588. The Bertz CT molecular complexity index is 468. The summed E-state index contributed by atoms with van der Waals surface area (Å²) in [5, 5.41) is 6.23. The largest absolute Gasteiger partial charge is 0.376 e. The van der Waals surface area contributed by atoms with Crippen LogP contribution in [0.25, 0.3) is 0 Å². The van der Waals surface area contributed by atoms with Gasteiger partial charge in [0, 0.05) is 6.54 Å². The summed E-state index contributed by atoms with van der Waals surface area (Å²) >= 11 is 0. The van der Waals surface area contributed by atoms with Crippen molar-refractivity contribution in [3.05, 3.63) is 34.9 Å². The number of ether oxygens (including phenoxy) is 1. The van der Waals surface area contributed by atoms with Crippen molar-refractivity contribution in [3.63, 3.8) is 0 Å². The van der Waals surface area contributed by atoms with Crippen molar-refractivity contribution in [2.45, 2.75) is 39.2 Å². The molecule has 0 radical (unpaired) electrons. The minimum atomic E-state index is 0.0622. The summed E-state index contributed by atoms with van der Waals surface area (Å²) in [6.45, 7) is 7.41. The molecule has 0 aromatic heterocycles. The standard InChI is InChI=1S/C17H26N2O2/c1-13-3-4-15(11-14(13)2)12-17(20)19-9-10-21-16-5-7-18-8-6-16/h3-4,11,16,18H,5-10,12H2,1-2H3,(H,19,20). The van der Waals surface area contributed by atoms with Crippen LogP contribution in [0.3, 0.4) is 0 Å². The van der Waals surface area contributed by atoms with E-state index in [0.29, 0.717) is 25.7 Å². The lowest BCUT2D eigenvalue weighted by atomic mass is 10.0. The summed E-state index contributed by atoms with van der Waals surface area (Å²) in [6, 6.07) is 6.17. The van der Waals surface area contributed by atoms with Gasteiger partial charge in [-0.1, -0.05) is 18.2 Å². The predicted molar refractivity (Wildman–Crippen MR) is 84.5 cm³/mol. The van der Waals surface area contributed by atoms with Gasteiger partial charge in [-0.3, -0.25) is 4.79 Å². The Morgan fingerprint density at radius 1 is 1.29 bits per heavy atom. The minimum Gasteiger partial charge on any atom is -0.376 e. The van der Waals surface area contributed by atoms with E-state index in [9.17, 15) is 4.79 Å². The molecule has 0 saturated carbocycles. The smallest absolute Gasteiger partial charge is 0.224 e. The molecule has 1 heterocycles.